The lowest BCUT2D eigenvalue weighted by atomic mass is 9.86. The average molecular weight is 224 g/mol. The number of halogens is 1. The van der Waals surface area contributed by atoms with E-state index in [1.807, 2.05) is 0 Å². The van der Waals surface area contributed by atoms with Gasteiger partial charge < -0.3 is 0 Å². The molecule has 0 aromatic heterocycles. The zero-order chi connectivity index (χ0) is 10.6. The predicted molar refractivity (Wildman–Crippen MR) is 51.8 cm³/mol. The standard InChI is InChI=1S/C9H17FO3S/c1-2-9(14(11,12)13-10)8-6-4-3-5-7-8/h8-9H,2-7H2,1H3. The fourth-order valence-corrected chi connectivity index (χ4v) is 3.57. The Bertz CT molecular complexity index is 257. The van der Waals surface area contributed by atoms with E-state index in [9.17, 15) is 12.9 Å². The summed E-state index contributed by atoms with van der Waals surface area (Å²) in [6.07, 6.45) is 5.43. The van der Waals surface area contributed by atoms with Gasteiger partial charge in [0, 0.05) is 0 Å². The Balaban J connectivity index is 2.70. The van der Waals surface area contributed by atoms with Gasteiger partial charge in [-0.2, -0.15) is 8.42 Å². The summed E-state index contributed by atoms with van der Waals surface area (Å²) in [5, 5.41) is -0.659. The van der Waals surface area contributed by atoms with Gasteiger partial charge in [0.2, 0.25) is 0 Å². The summed E-state index contributed by atoms with van der Waals surface area (Å²) in [6.45, 7) is 1.76. The van der Waals surface area contributed by atoms with Gasteiger partial charge in [-0.15, -0.1) is 0 Å². The maximum absolute atomic E-state index is 11.9. The lowest BCUT2D eigenvalue weighted by Gasteiger charge is -2.27. The van der Waals surface area contributed by atoms with Gasteiger partial charge in [0.1, 0.15) is 0 Å². The first-order chi connectivity index (χ1) is 6.61. The van der Waals surface area contributed by atoms with Crippen LogP contribution < -0.4 is 0 Å². The maximum atomic E-state index is 11.9. The summed E-state index contributed by atoms with van der Waals surface area (Å²) in [6, 6.07) is 0. The molecule has 1 rings (SSSR count). The van der Waals surface area contributed by atoms with Crippen LogP contribution in [0.3, 0.4) is 0 Å². The molecular weight excluding hydrogens is 207 g/mol. The number of hydrogen-bond acceptors (Lipinski definition) is 3. The summed E-state index contributed by atoms with van der Waals surface area (Å²) in [7, 11) is -3.98. The second-order valence-electron chi connectivity index (χ2n) is 3.90. The molecule has 84 valence electrons. The van der Waals surface area contributed by atoms with Crippen molar-refractivity contribution >= 4 is 10.1 Å². The molecule has 0 N–H and O–H groups in total. The molecule has 5 heteroatoms. The van der Waals surface area contributed by atoms with Gasteiger partial charge in [-0.3, -0.25) is 0 Å². The highest BCUT2D eigenvalue weighted by Gasteiger charge is 2.34. The molecule has 0 aromatic carbocycles. The Morgan fingerprint density at radius 2 is 1.93 bits per heavy atom. The van der Waals surface area contributed by atoms with Crippen molar-refractivity contribution in [2.24, 2.45) is 5.92 Å². The summed E-state index contributed by atoms with van der Waals surface area (Å²) in [5.74, 6) is 0.0782. The van der Waals surface area contributed by atoms with Crippen molar-refractivity contribution in [3.63, 3.8) is 0 Å². The highest BCUT2D eigenvalue weighted by Crippen LogP contribution is 2.31. The average Bonchev–Trinajstić information content (AvgIpc) is 2.20. The third kappa shape index (κ3) is 2.67. The van der Waals surface area contributed by atoms with E-state index in [2.05, 4.69) is 4.39 Å². The van der Waals surface area contributed by atoms with Gasteiger partial charge in [-0.1, -0.05) is 30.6 Å². The van der Waals surface area contributed by atoms with Crippen LogP contribution in [0.4, 0.5) is 4.53 Å². The second kappa shape index (κ2) is 5.07. The van der Waals surface area contributed by atoms with Crippen LogP contribution in [-0.4, -0.2) is 13.7 Å². The first-order valence-corrected chi connectivity index (χ1v) is 6.63. The maximum Gasteiger partial charge on any atom is 0.301 e. The van der Waals surface area contributed by atoms with E-state index >= 15 is 0 Å². The van der Waals surface area contributed by atoms with Gasteiger partial charge in [0.15, 0.2) is 0 Å². The number of hydrogen-bond donors (Lipinski definition) is 0. The Hall–Kier alpha value is -0.160. The van der Waals surface area contributed by atoms with Crippen molar-refractivity contribution in [2.45, 2.75) is 50.7 Å². The lowest BCUT2D eigenvalue weighted by molar-refractivity contribution is -0.000629. The summed E-state index contributed by atoms with van der Waals surface area (Å²) < 4.78 is 37.5. The third-order valence-corrected chi connectivity index (χ3v) is 4.67. The first kappa shape index (κ1) is 11.9. The van der Waals surface area contributed by atoms with E-state index in [4.69, 9.17) is 0 Å². The summed E-state index contributed by atoms with van der Waals surface area (Å²) in [4.78, 5) is 0. The second-order valence-corrected chi connectivity index (χ2v) is 5.62. The van der Waals surface area contributed by atoms with E-state index in [1.54, 1.807) is 6.92 Å². The zero-order valence-corrected chi connectivity index (χ0v) is 9.22. The molecule has 1 atom stereocenters. The molecule has 0 amide bonds. The quantitative estimate of drug-likeness (QED) is 0.737. The van der Waals surface area contributed by atoms with Crippen LogP contribution in [0.25, 0.3) is 0 Å². The fourth-order valence-electron chi connectivity index (χ4n) is 2.33. The van der Waals surface area contributed by atoms with Crippen LogP contribution in [0.1, 0.15) is 45.4 Å². The van der Waals surface area contributed by atoms with Crippen LogP contribution in [0.2, 0.25) is 0 Å². The van der Waals surface area contributed by atoms with Gasteiger partial charge in [-0.25, -0.2) is 0 Å². The van der Waals surface area contributed by atoms with E-state index in [0.717, 1.165) is 32.1 Å². The van der Waals surface area contributed by atoms with E-state index in [-0.39, 0.29) is 5.92 Å². The number of rotatable bonds is 4. The van der Waals surface area contributed by atoms with Gasteiger partial charge in [-0.05, 0) is 29.7 Å². The van der Waals surface area contributed by atoms with Gasteiger partial charge in [0.05, 0.1) is 5.25 Å². The van der Waals surface area contributed by atoms with Crippen molar-refractivity contribution in [3.8, 4) is 0 Å². The molecule has 1 fully saturated rings. The molecule has 0 saturated heterocycles. The fraction of sp³-hybridized carbons (Fsp3) is 1.00. The van der Waals surface area contributed by atoms with Crippen molar-refractivity contribution < 1.29 is 17.3 Å². The summed E-state index contributed by atoms with van der Waals surface area (Å²) >= 11 is 0. The minimum absolute atomic E-state index is 0.0782. The smallest absolute Gasteiger partial charge is 0.197 e. The van der Waals surface area contributed by atoms with Crippen molar-refractivity contribution in [2.75, 3.05) is 0 Å². The molecule has 0 bridgehead atoms. The highest BCUT2D eigenvalue weighted by atomic mass is 32.2. The molecule has 14 heavy (non-hydrogen) atoms. The van der Waals surface area contributed by atoms with E-state index in [1.165, 1.54) is 0 Å². The largest absolute Gasteiger partial charge is 0.301 e. The molecule has 1 saturated carbocycles. The molecule has 0 radical (unpaired) electrons. The van der Waals surface area contributed by atoms with E-state index < -0.39 is 15.4 Å². The molecule has 1 aliphatic carbocycles. The Morgan fingerprint density at radius 3 is 2.36 bits per heavy atom. The molecular formula is C9H17FO3S. The van der Waals surface area contributed by atoms with Gasteiger partial charge in [0.25, 0.3) is 0 Å². The van der Waals surface area contributed by atoms with E-state index in [0.29, 0.717) is 6.42 Å². The molecule has 0 aromatic rings. The minimum Gasteiger partial charge on any atom is -0.197 e. The Labute approximate surface area is 84.7 Å². The topological polar surface area (TPSA) is 43.4 Å². The molecule has 0 heterocycles. The molecule has 1 unspecified atom stereocenters. The van der Waals surface area contributed by atoms with Crippen molar-refractivity contribution in [1.82, 2.24) is 0 Å². The molecule has 0 aliphatic heterocycles. The van der Waals surface area contributed by atoms with Crippen LogP contribution >= 0.6 is 0 Å². The predicted octanol–water partition coefficient (Wildman–Crippen LogP) is 2.58. The normalized spacial score (nSPS) is 22.1. The molecule has 3 nitrogen and oxygen atoms in total. The highest BCUT2D eigenvalue weighted by molar-refractivity contribution is 7.87. The van der Waals surface area contributed by atoms with Crippen molar-refractivity contribution in [3.05, 3.63) is 0 Å². The van der Waals surface area contributed by atoms with Crippen LogP contribution in [0.15, 0.2) is 0 Å². The molecule has 1 aliphatic rings. The van der Waals surface area contributed by atoms with Crippen LogP contribution in [0.5, 0.6) is 0 Å². The van der Waals surface area contributed by atoms with Crippen LogP contribution in [0, 0.1) is 5.92 Å². The van der Waals surface area contributed by atoms with Gasteiger partial charge >= 0.3 is 10.1 Å². The lowest BCUT2D eigenvalue weighted by Crippen LogP contribution is -2.31. The zero-order valence-electron chi connectivity index (χ0n) is 8.41. The van der Waals surface area contributed by atoms with Crippen LogP contribution in [-0.2, 0) is 14.5 Å². The SMILES string of the molecule is CCC(C1CCCCC1)S(=O)(=O)OF. The first-order valence-electron chi connectivity index (χ1n) is 5.16. The Kier molecular flexibility index (Phi) is 4.31. The Morgan fingerprint density at radius 1 is 1.36 bits per heavy atom. The molecule has 0 spiro atoms. The third-order valence-electron chi connectivity index (χ3n) is 3.04. The monoisotopic (exact) mass is 224 g/mol. The van der Waals surface area contributed by atoms with Crippen molar-refractivity contribution in [1.29, 1.82) is 0 Å². The summed E-state index contributed by atoms with van der Waals surface area (Å²) in [5.41, 5.74) is 0. The minimum atomic E-state index is -3.98.